The van der Waals surface area contributed by atoms with Crippen LogP contribution in [0.5, 0.6) is 0 Å². The van der Waals surface area contributed by atoms with Gasteiger partial charge in [-0.3, -0.25) is 4.79 Å². The van der Waals surface area contributed by atoms with Crippen molar-refractivity contribution in [2.24, 2.45) is 0 Å². The third-order valence-corrected chi connectivity index (χ3v) is 2.66. The van der Waals surface area contributed by atoms with Gasteiger partial charge in [-0.15, -0.1) is 0 Å². The van der Waals surface area contributed by atoms with Gasteiger partial charge in [0.25, 0.3) is 5.91 Å². The Morgan fingerprint density at radius 3 is 2.80 bits per heavy atom. The summed E-state index contributed by atoms with van der Waals surface area (Å²) in [6, 6.07) is 4.25. The Morgan fingerprint density at radius 2 is 2.10 bits per heavy atom. The van der Waals surface area contributed by atoms with Gasteiger partial charge in [0, 0.05) is 31.3 Å². The number of rotatable bonds is 9. The molecule has 0 spiro atoms. The lowest BCUT2D eigenvalue weighted by atomic mass is 10.1. The largest absolute Gasteiger partial charge is 0.382 e. The third-order valence-electron chi connectivity index (χ3n) is 2.66. The Hall–Kier alpha value is -1.50. The Balaban J connectivity index is 2.58. The molecule has 0 aliphatic carbocycles. The average molecular weight is 284 g/mol. The van der Waals surface area contributed by atoms with Crippen LogP contribution in [-0.4, -0.2) is 46.4 Å². The van der Waals surface area contributed by atoms with E-state index in [0.717, 1.165) is 0 Å². The summed E-state index contributed by atoms with van der Waals surface area (Å²) in [6.07, 6.45) is 0. The first-order valence-electron chi connectivity index (χ1n) is 6.47. The number of nitrogens with one attached hydrogen (secondary N) is 2. The minimum absolute atomic E-state index is 0.118. The smallest absolute Gasteiger partial charge is 0.251 e. The molecular formula is C14H21FN2O3. The maximum Gasteiger partial charge on any atom is 0.251 e. The molecule has 0 aromatic heterocycles. The van der Waals surface area contributed by atoms with E-state index in [1.165, 1.54) is 18.2 Å². The lowest BCUT2D eigenvalue weighted by Crippen LogP contribution is -2.30. The van der Waals surface area contributed by atoms with Gasteiger partial charge in [-0.25, -0.2) is 4.39 Å². The molecule has 0 aliphatic rings. The van der Waals surface area contributed by atoms with Crippen molar-refractivity contribution in [1.29, 1.82) is 0 Å². The van der Waals surface area contributed by atoms with Crippen molar-refractivity contribution in [2.75, 3.05) is 40.5 Å². The van der Waals surface area contributed by atoms with Crippen molar-refractivity contribution in [3.63, 3.8) is 0 Å². The van der Waals surface area contributed by atoms with E-state index in [2.05, 4.69) is 10.6 Å². The van der Waals surface area contributed by atoms with Crippen LogP contribution in [0.15, 0.2) is 18.2 Å². The molecule has 1 amide bonds. The maximum absolute atomic E-state index is 13.6. The molecule has 0 heterocycles. The van der Waals surface area contributed by atoms with Crippen molar-refractivity contribution in [2.45, 2.75) is 6.61 Å². The van der Waals surface area contributed by atoms with E-state index in [-0.39, 0.29) is 18.3 Å². The van der Waals surface area contributed by atoms with E-state index in [1.807, 2.05) is 0 Å². The Labute approximate surface area is 118 Å². The standard InChI is InChI=1S/C14H21FN2O3/c1-16-5-6-17-14(18)11-3-4-13(15)12(9-11)10-20-8-7-19-2/h3-4,9,16H,5-8,10H2,1-2H3,(H,17,18). The number of hydrogen-bond acceptors (Lipinski definition) is 4. The molecule has 0 saturated heterocycles. The molecule has 0 radical (unpaired) electrons. The fraction of sp³-hybridized carbons (Fsp3) is 0.500. The van der Waals surface area contributed by atoms with E-state index >= 15 is 0 Å². The summed E-state index contributed by atoms with van der Waals surface area (Å²) in [4.78, 5) is 11.8. The zero-order chi connectivity index (χ0) is 14.8. The average Bonchev–Trinajstić information content (AvgIpc) is 2.45. The monoisotopic (exact) mass is 284 g/mol. The molecular weight excluding hydrogens is 263 g/mol. The lowest BCUT2D eigenvalue weighted by molar-refractivity contribution is 0.0604. The van der Waals surface area contributed by atoms with Crippen LogP contribution in [-0.2, 0) is 16.1 Å². The second-order valence-corrected chi connectivity index (χ2v) is 4.21. The summed E-state index contributed by atoms with van der Waals surface area (Å²) in [6.45, 7) is 2.15. The normalized spacial score (nSPS) is 10.6. The predicted molar refractivity (Wildman–Crippen MR) is 74.2 cm³/mol. The maximum atomic E-state index is 13.6. The van der Waals surface area contributed by atoms with Gasteiger partial charge in [-0.05, 0) is 25.2 Å². The molecule has 0 fully saturated rings. The second-order valence-electron chi connectivity index (χ2n) is 4.21. The van der Waals surface area contributed by atoms with Gasteiger partial charge in [-0.1, -0.05) is 0 Å². The number of methoxy groups -OCH3 is 1. The number of benzene rings is 1. The van der Waals surface area contributed by atoms with Crippen molar-refractivity contribution in [1.82, 2.24) is 10.6 Å². The molecule has 0 aliphatic heterocycles. The molecule has 1 rings (SSSR count). The highest BCUT2D eigenvalue weighted by molar-refractivity contribution is 5.94. The van der Waals surface area contributed by atoms with Gasteiger partial charge in [-0.2, -0.15) is 0 Å². The predicted octanol–water partition coefficient (Wildman–Crippen LogP) is 0.938. The first-order valence-corrected chi connectivity index (χ1v) is 6.47. The summed E-state index contributed by atoms with van der Waals surface area (Å²) < 4.78 is 23.7. The van der Waals surface area contributed by atoms with Crippen LogP contribution in [0.25, 0.3) is 0 Å². The van der Waals surface area contributed by atoms with Crippen LogP contribution in [0.4, 0.5) is 4.39 Å². The molecule has 5 nitrogen and oxygen atoms in total. The summed E-state index contributed by atoms with van der Waals surface area (Å²) in [5.41, 5.74) is 0.787. The van der Waals surface area contributed by atoms with Crippen LogP contribution in [0.1, 0.15) is 15.9 Å². The summed E-state index contributed by atoms with van der Waals surface area (Å²) in [5, 5.41) is 5.67. The lowest BCUT2D eigenvalue weighted by Gasteiger charge is -2.08. The van der Waals surface area contributed by atoms with Gasteiger partial charge >= 0.3 is 0 Å². The van der Waals surface area contributed by atoms with Crippen molar-refractivity contribution in [3.05, 3.63) is 35.1 Å². The van der Waals surface area contributed by atoms with Gasteiger partial charge in [0.15, 0.2) is 0 Å². The molecule has 6 heteroatoms. The van der Waals surface area contributed by atoms with Crippen molar-refractivity contribution >= 4 is 5.91 Å². The summed E-state index contributed by atoms with van der Waals surface area (Å²) >= 11 is 0. The molecule has 1 aromatic rings. The highest BCUT2D eigenvalue weighted by Gasteiger charge is 2.09. The first kappa shape index (κ1) is 16.6. The molecule has 0 atom stereocenters. The third kappa shape index (κ3) is 5.64. The first-order chi connectivity index (χ1) is 9.69. The molecule has 0 saturated carbocycles. The molecule has 2 N–H and O–H groups in total. The quantitative estimate of drug-likeness (QED) is 0.663. The Bertz CT molecular complexity index is 427. The van der Waals surface area contributed by atoms with Gasteiger partial charge < -0.3 is 20.1 Å². The van der Waals surface area contributed by atoms with Gasteiger partial charge in [0.05, 0.1) is 19.8 Å². The number of halogens is 1. The minimum Gasteiger partial charge on any atom is -0.382 e. The van der Waals surface area contributed by atoms with E-state index in [0.29, 0.717) is 37.4 Å². The van der Waals surface area contributed by atoms with E-state index < -0.39 is 0 Å². The van der Waals surface area contributed by atoms with Crippen LogP contribution < -0.4 is 10.6 Å². The van der Waals surface area contributed by atoms with E-state index in [9.17, 15) is 9.18 Å². The van der Waals surface area contributed by atoms with Crippen molar-refractivity contribution in [3.8, 4) is 0 Å². The summed E-state index contributed by atoms with van der Waals surface area (Å²) in [5.74, 6) is -0.604. The minimum atomic E-state index is -0.380. The highest BCUT2D eigenvalue weighted by Crippen LogP contribution is 2.12. The van der Waals surface area contributed by atoms with E-state index in [4.69, 9.17) is 9.47 Å². The number of ether oxygens (including phenoxy) is 2. The number of hydrogen-bond donors (Lipinski definition) is 2. The molecule has 0 bridgehead atoms. The van der Waals surface area contributed by atoms with Crippen LogP contribution in [0.3, 0.4) is 0 Å². The zero-order valence-corrected chi connectivity index (χ0v) is 11.9. The topological polar surface area (TPSA) is 59.6 Å². The number of amides is 1. The number of likely N-dealkylation sites (N-methyl/N-ethyl adjacent to an activating group) is 1. The van der Waals surface area contributed by atoms with E-state index in [1.54, 1.807) is 14.2 Å². The zero-order valence-electron chi connectivity index (χ0n) is 11.9. The van der Waals surface area contributed by atoms with Gasteiger partial charge in [0.1, 0.15) is 5.82 Å². The fourth-order valence-corrected chi connectivity index (χ4v) is 1.55. The molecule has 20 heavy (non-hydrogen) atoms. The SMILES string of the molecule is CNCCNC(=O)c1ccc(F)c(COCCOC)c1. The fourth-order valence-electron chi connectivity index (χ4n) is 1.55. The molecule has 1 aromatic carbocycles. The Kier molecular flexibility index (Phi) is 7.79. The van der Waals surface area contributed by atoms with Gasteiger partial charge in [0.2, 0.25) is 0 Å². The second kappa shape index (κ2) is 9.41. The van der Waals surface area contributed by atoms with Crippen LogP contribution in [0.2, 0.25) is 0 Å². The molecule has 0 unspecified atom stereocenters. The number of carbonyl (C=O) groups is 1. The van der Waals surface area contributed by atoms with Crippen LogP contribution >= 0.6 is 0 Å². The highest BCUT2D eigenvalue weighted by atomic mass is 19.1. The molecule has 112 valence electrons. The summed E-state index contributed by atoms with van der Waals surface area (Å²) in [7, 11) is 3.37. The van der Waals surface area contributed by atoms with Crippen LogP contribution in [0, 0.1) is 5.82 Å². The number of carbonyl (C=O) groups excluding carboxylic acids is 1. The Morgan fingerprint density at radius 1 is 1.30 bits per heavy atom. The van der Waals surface area contributed by atoms with Crippen molar-refractivity contribution < 1.29 is 18.7 Å².